The molecule has 21 heavy (non-hydrogen) atoms. The van der Waals surface area contributed by atoms with E-state index < -0.39 is 5.82 Å². The maximum atomic E-state index is 13.2. The lowest BCUT2D eigenvalue weighted by molar-refractivity contribution is -0.120. The summed E-state index contributed by atoms with van der Waals surface area (Å²) >= 11 is 0. The van der Waals surface area contributed by atoms with E-state index in [4.69, 9.17) is 5.26 Å². The fraction of sp³-hybridized carbons (Fsp3) is 0.267. The number of nitrogens with zero attached hydrogens (tertiary/aromatic N) is 3. The van der Waals surface area contributed by atoms with Gasteiger partial charge in [-0.1, -0.05) is 0 Å². The zero-order valence-corrected chi connectivity index (χ0v) is 11.2. The van der Waals surface area contributed by atoms with Gasteiger partial charge in [-0.3, -0.25) is 4.79 Å². The number of benzene rings is 1. The first-order valence-electron chi connectivity index (χ1n) is 6.68. The number of anilines is 1. The van der Waals surface area contributed by atoms with Crippen LogP contribution in [-0.2, 0) is 17.8 Å². The van der Waals surface area contributed by atoms with E-state index in [0.717, 1.165) is 18.8 Å². The number of aryl methyl sites for hydroxylation is 1. The number of hydrogen-bond acceptors (Lipinski definition) is 3. The molecular weight excluding hydrogens is 271 g/mol. The second kappa shape index (κ2) is 5.37. The van der Waals surface area contributed by atoms with Gasteiger partial charge in [0, 0.05) is 37.0 Å². The van der Waals surface area contributed by atoms with Gasteiger partial charge in [0.05, 0.1) is 5.56 Å². The summed E-state index contributed by atoms with van der Waals surface area (Å²) in [7, 11) is 0. The van der Waals surface area contributed by atoms with Gasteiger partial charge in [0.15, 0.2) is 0 Å². The number of fused-ring (bicyclic) bond motifs is 1. The zero-order valence-electron chi connectivity index (χ0n) is 11.2. The van der Waals surface area contributed by atoms with Gasteiger partial charge in [-0.25, -0.2) is 9.37 Å². The number of nitriles is 1. The summed E-state index contributed by atoms with van der Waals surface area (Å²) in [6.07, 6.45) is 4.96. The predicted octanol–water partition coefficient (Wildman–Crippen LogP) is 2.09. The largest absolute Gasteiger partial charge is 0.335 e. The molecule has 0 aliphatic carbocycles. The normalized spacial score (nSPS) is 16.9. The predicted molar refractivity (Wildman–Crippen MR) is 73.8 cm³/mol. The van der Waals surface area contributed by atoms with E-state index in [9.17, 15) is 9.18 Å². The van der Waals surface area contributed by atoms with E-state index in [1.807, 2.05) is 10.8 Å². The monoisotopic (exact) mass is 284 g/mol. The SMILES string of the molecule is N#Cc1cc(NC(=O)[C@H]2CCn3ccnc3C2)ccc1F. The number of halogens is 1. The summed E-state index contributed by atoms with van der Waals surface area (Å²) in [5, 5.41) is 11.5. The van der Waals surface area contributed by atoms with Crippen molar-refractivity contribution in [2.45, 2.75) is 19.4 Å². The Morgan fingerprint density at radius 2 is 2.38 bits per heavy atom. The smallest absolute Gasteiger partial charge is 0.228 e. The first-order chi connectivity index (χ1) is 10.2. The van der Waals surface area contributed by atoms with Crippen LogP contribution in [0.3, 0.4) is 0 Å². The van der Waals surface area contributed by atoms with Crippen molar-refractivity contribution in [3.05, 3.63) is 47.8 Å². The van der Waals surface area contributed by atoms with E-state index in [2.05, 4.69) is 10.3 Å². The van der Waals surface area contributed by atoms with Gasteiger partial charge >= 0.3 is 0 Å². The molecule has 1 aliphatic heterocycles. The molecule has 1 amide bonds. The molecule has 1 aliphatic rings. The Bertz CT molecular complexity index is 732. The van der Waals surface area contributed by atoms with E-state index in [1.54, 1.807) is 12.3 Å². The van der Waals surface area contributed by atoms with Gasteiger partial charge in [0.1, 0.15) is 17.7 Å². The molecule has 0 bridgehead atoms. The van der Waals surface area contributed by atoms with Gasteiger partial charge in [-0.2, -0.15) is 5.26 Å². The molecular formula is C15H13FN4O. The van der Waals surface area contributed by atoms with Crippen molar-refractivity contribution in [3.8, 4) is 6.07 Å². The molecule has 1 aromatic heterocycles. The molecule has 0 spiro atoms. The van der Waals surface area contributed by atoms with Gasteiger partial charge in [0.25, 0.3) is 0 Å². The van der Waals surface area contributed by atoms with E-state index >= 15 is 0 Å². The molecule has 3 rings (SSSR count). The van der Waals surface area contributed by atoms with Gasteiger partial charge in [-0.15, -0.1) is 0 Å². The molecule has 1 atom stereocenters. The van der Waals surface area contributed by atoms with Crippen LogP contribution in [0.2, 0.25) is 0 Å². The summed E-state index contributed by atoms with van der Waals surface area (Å²) in [5.41, 5.74) is 0.360. The Morgan fingerprint density at radius 3 is 3.19 bits per heavy atom. The van der Waals surface area contributed by atoms with E-state index in [0.29, 0.717) is 12.1 Å². The molecule has 1 aromatic carbocycles. The van der Waals surface area contributed by atoms with Crippen LogP contribution in [0, 0.1) is 23.1 Å². The topological polar surface area (TPSA) is 70.7 Å². The van der Waals surface area contributed by atoms with Crippen molar-refractivity contribution in [3.63, 3.8) is 0 Å². The number of aromatic nitrogens is 2. The summed E-state index contributed by atoms with van der Waals surface area (Å²) in [4.78, 5) is 16.5. The highest BCUT2D eigenvalue weighted by Gasteiger charge is 2.25. The van der Waals surface area contributed by atoms with Crippen LogP contribution in [0.1, 0.15) is 17.8 Å². The highest BCUT2D eigenvalue weighted by molar-refractivity contribution is 5.92. The van der Waals surface area contributed by atoms with Crippen molar-refractivity contribution in [2.75, 3.05) is 5.32 Å². The van der Waals surface area contributed by atoms with Gasteiger partial charge in [0.2, 0.25) is 5.91 Å². The van der Waals surface area contributed by atoms with Crippen molar-refractivity contribution in [2.24, 2.45) is 5.92 Å². The highest BCUT2D eigenvalue weighted by Crippen LogP contribution is 2.21. The Hall–Kier alpha value is -2.68. The van der Waals surface area contributed by atoms with Crippen molar-refractivity contribution in [1.29, 1.82) is 5.26 Å². The van der Waals surface area contributed by atoms with Crippen LogP contribution in [0.4, 0.5) is 10.1 Å². The number of carbonyl (C=O) groups excluding carboxylic acids is 1. The highest BCUT2D eigenvalue weighted by atomic mass is 19.1. The summed E-state index contributed by atoms with van der Waals surface area (Å²) in [6, 6.07) is 5.74. The van der Waals surface area contributed by atoms with Crippen molar-refractivity contribution in [1.82, 2.24) is 9.55 Å². The molecule has 2 heterocycles. The van der Waals surface area contributed by atoms with E-state index in [1.165, 1.54) is 18.2 Å². The number of amides is 1. The summed E-state index contributed by atoms with van der Waals surface area (Å²) in [5.74, 6) is 0.0312. The maximum absolute atomic E-state index is 13.2. The summed E-state index contributed by atoms with van der Waals surface area (Å²) < 4.78 is 15.3. The van der Waals surface area contributed by atoms with Gasteiger partial charge < -0.3 is 9.88 Å². The fourth-order valence-electron chi connectivity index (χ4n) is 2.51. The summed E-state index contributed by atoms with van der Waals surface area (Å²) in [6.45, 7) is 0.764. The molecule has 0 fully saturated rings. The molecule has 1 N–H and O–H groups in total. The first-order valence-corrected chi connectivity index (χ1v) is 6.68. The molecule has 0 saturated heterocycles. The molecule has 2 aromatic rings. The average Bonchev–Trinajstić information content (AvgIpc) is 2.96. The van der Waals surface area contributed by atoms with Crippen molar-refractivity contribution >= 4 is 11.6 Å². The van der Waals surface area contributed by atoms with E-state index in [-0.39, 0.29) is 17.4 Å². The quantitative estimate of drug-likeness (QED) is 0.918. The number of carbonyl (C=O) groups is 1. The first kappa shape index (κ1) is 13.3. The zero-order chi connectivity index (χ0) is 14.8. The minimum Gasteiger partial charge on any atom is -0.335 e. The number of nitrogens with one attached hydrogen (secondary N) is 1. The number of rotatable bonds is 2. The van der Waals surface area contributed by atoms with Crippen LogP contribution >= 0.6 is 0 Å². The molecule has 0 radical (unpaired) electrons. The van der Waals surface area contributed by atoms with Gasteiger partial charge in [-0.05, 0) is 24.6 Å². The van der Waals surface area contributed by atoms with Crippen LogP contribution in [0.15, 0.2) is 30.6 Å². The van der Waals surface area contributed by atoms with Crippen molar-refractivity contribution < 1.29 is 9.18 Å². The lowest BCUT2D eigenvalue weighted by Crippen LogP contribution is -2.30. The Kier molecular flexibility index (Phi) is 3.40. The maximum Gasteiger partial charge on any atom is 0.228 e. The third kappa shape index (κ3) is 2.63. The lowest BCUT2D eigenvalue weighted by atomic mass is 9.96. The standard InChI is InChI=1S/C15H13FN4O/c16-13-2-1-12(7-11(13)9-17)19-15(21)10-3-5-20-6-4-18-14(20)8-10/h1-2,4,6-7,10H,3,5,8H2,(H,19,21)/t10-/m0/s1. The molecule has 0 saturated carbocycles. The third-order valence-electron chi connectivity index (χ3n) is 3.67. The van der Waals surface area contributed by atoms with Crippen LogP contribution < -0.4 is 5.32 Å². The second-order valence-electron chi connectivity index (χ2n) is 5.02. The molecule has 106 valence electrons. The Balaban J connectivity index is 1.71. The van der Waals surface area contributed by atoms with Crippen LogP contribution in [0.25, 0.3) is 0 Å². The fourth-order valence-corrected chi connectivity index (χ4v) is 2.51. The average molecular weight is 284 g/mol. The minimum absolute atomic E-state index is 0.0769. The molecule has 6 heteroatoms. The van der Waals surface area contributed by atoms with Crippen LogP contribution in [0.5, 0.6) is 0 Å². The third-order valence-corrected chi connectivity index (χ3v) is 3.67. The number of hydrogen-bond donors (Lipinski definition) is 1. The Morgan fingerprint density at radius 1 is 1.52 bits per heavy atom. The molecule has 0 unspecified atom stereocenters. The van der Waals surface area contributed by atoms with Crippen LogP contribution in [-0.4, -0.2) is 15.5 Å². The lowest BCUT2D eigenvalue weighted by Gasteiger charge is -2.22. The Labute approximate surface area is 121 Å². The second-order valence-corrected chi connectivity index (χ2v) is 5.02. The minimum atomic E-state index is -0.588. The number of imidazole rings is 1. The molecule has 5 nitrogen and oxygen atoms in total.